The molecule has 0 amide bonds. The molecular formula is C13H23N3OS. The van der Waals surface area contributed by atoms with E-state index in [1.165, 1.54) is 29.3 Å². The summed E-state index contributed by atoms with van der Waals surface area (Å²) in [5.74, 6) is 0. The molecule has 1 aromatic heterocycles. The summed E-state index contributed by atoms with van der Waals surface area (Å²) in [6, 6.07) is 0.638. The third-order valence-corrected chi connectivity index (χ3v) is 4.41. The van der Waals surface area contributed by atoms with E-state index in [2.05, 4.69) is 22.1 Å². The first-order valence-corrected chi connectivity index (χ1v) is 7.54. The topological polar surface area (TPSA) is 37.4 Å². The molecule has 0 aromatic carbocycles. The van der Waals surface area contributed by atoms with E-state index < -0.39 is 0 Å². The molecule has 4 nitrogen and oxygen atoms in total. The fourth-order valence-electron chi connectivity index (χ4n) is 2.28. The van der Waals surface area contributed by atoms with Crippen LogP contribution in [0.3, 0.4) is 0 Å². The van der Waals surface area contributed by atoms with Crippen LogP contribution in [0.2, 0.25) is 0 Å². The molecule has 1 aliphatic heterocycles. The van der Waals surface area contributed by atoms with E-state index in [0.29, 0.717) is 6.04 Å². The zero-order valence-electron chi connectivity index (χ0n) is 11.3. The van der Waals surface area contributed by atoms with E-state index in [9.17, 15) is 0 Å². The molecule has 0 saturated carbocycles. The van der Waals surface area contributed by atoms with Crippen LogP contribution in [0.15, 0.2) is 6.20 Å². The number of anilines is 1. The van der Waals surface area contributed by atoms with Crippen molar-refractivity contribution < 1.29 is 4.74 Å². The van der Waals surface area contributed by atoms with E-state index in [-0.39, 0.29) is 0 Å². The quantitative estimate of drug-likeness (QED) is 0.804. The van der Waals surface area contributed by atoms with Crippen LogP contribution >= 0.6 is 11.3 Å². The summed E-state index contributed by atoms with van der Waals surface area (Å²) in [5.41, 5.74) is 0. The number of aromatic nitrogens is 1. The second kappa shape index (κ2) is 7.07. The second-order valence-corrected chi connectivity index (χ2v) is 5.91. The van der Waals surface area contributed by atoms with Gasteiger partial charge in [-0.15, -0.1) is 11.3 Å². The van der Waals surface area contributed by atoms with Gasteiger partial charge < -0.3 is 15.0 Å². The minimum atomic E-state index is 0.638. The molecule has 0 bridgehead atoms. The van der Waals surface area contributed by atoms with Crippen LogP contribution in [-0.2, 0) is 11.3 Å². The van der Waals surface area contributed by atoms with Crippen molar-refractivity contribution >= 4 is 16.5 Å². The summed E-state index contributed by atoms with van der Waals surface area (Å²) in [7, 11) is 1.73. The minimum absolute atomic E-state index is 0.638. The lowest BCUT2D eigenvalue weighted by Crippen LogP contribution is -2.37. The van der Waals surface area contributed by atoms with Gasteiger partial charge in [0.1, 0.15) is 0 Å². The largest absolute Gasteiger partial charge is 0.383 e. The van der Waals surface area contributed by atoms with Crippen LogP contribution in [-0.4, -0.2) is 37.8 Å². The van der Waals surface area contributed by atoms with Crippen molar-refractivity contribution in [3.63, 3.8) is 0 Å². The summed E-state index contributed by atoms with van der Waals surface area (Å²) in [4.78, 5) is 8.32. The summed E-state index contributed by atoms with van der Waals surface area (Å²) in [6.45, 7) is 6.00. The maximum absolute atomic E-state index is 5.01. The maximum Gasteiger partial charge on any atom is 0.185 e. The van der Waals surface area contributed by atoms with Crippen LogP contribution in [0.25, 0.3) is 0 Å². The van der Waals surface area contributed by atoms with Gasteiger partial charge in [-0.25, -0.2) is 4.98 Å². The van der Waals surface area contributed by atoms with Crippen molar-refractivity contribution in [2.45, 2.75) is 38.8 Å². The molecule has 1 N–H and O–H groups in total. The van der Waals surface area contributed by atoms with E-state index in [1.807, 2.05) is 17.5 Å². The Morgan fingerprint density at radius 2 is 2.44 bits per heavy atom. The van der Waals surface area contributed by atoms with Gasteiger partial charge in [0.25, 0.3) is 0 Å². The molecule has 102 valence electrons. The van der Waals surface area contributed by atoms with Crippen molar-refractivity contribution in [2.75, 3.05) is 31.7 Å². The lowest BCUT2D eigenvalue weighted by atomic mass is 10.1. The highest BCUT2D eigenvalue weighted by atomic mass is 32.1. The Morgan fingerprint density at radius 1 is 1.56 bits per heavy atom. The predicted octanol–water partition coefficient (Wildman–Crippen LogP) is 2.26. The molecule has 1 unspecified atom stereocenters. The van der Waals surface area contributed by atoms with Gasteiger partial charge >= 0.3 is 0 Å². The van der Waals surface area contributed by atoms with Crippen molar-refractivity contribution in [1.82, 2.24) is 10.3 Å². The Bertz CT molecular complexity index is 356. The first-order chi connectivity index (χ1) is 8.81. The van der Waals surface area contributed by atoms with Gasteiger partial charge in [0.2, 0.25) is 0 Å². The zero-order valence-corrected chi connectivity index (χ0v) is 12.1. The predicted molar refractivity (Wildman–Crippen MR) is 76.4 cm³/mol. The third-order valence-electron chi connectivity index (χ3n) is 3.37. The third kappa shape index (κ3) is 3.67. The van der Waals surface area contributed by atoms with Crippen molar-refractivity contribution in [1.29, 1.82) is 0 Å². The number of methoxy groups -OCH3 is 1. The highest BCUT2D eigenvalue weighted by molar-refractivity contribution is 7.15. The standard InChI is InChI=1S/C13H23N3OS/c1-11-5-3-4-7-16(11)13-15-10-12(18-13)9-14-6-8-17-2/h10-11,14H,3-9H2,1-2H3. The van der Waals surface area contributed by atoms with Gasteiger partial charge in [-0.3, -0.25) is 0 Å². The average molecular weight is 269 g/mol. The number of nitrogens with one attached hydrogen (secondary N) is 1. The van der Waals surface area contributed by atoms with E-state index in [0.717, 1.165) is 26.2 Å². The van der Waals surface area contributed by atoms with Crippen LogP contribution < -0.4 is 10.2 Å². The van der Waals surface area contributed by atoms with Gasteiger partial charge in [0.15, 0.2) is 5.13 Å². The van der Waals surface area contributed by atoms with Gasteiger partial charge in [0.05, 0.1) is 6.61 Å². The molecule has 2 rings (SSSR count). The first kappa shape index (κ1) is 13.8. The SMILES string of the molecule is COCCNCc1cnc(N2CCCCC2C)s1. The fraction of sp³-hybridized carbons (Fsp3) is 0.769. The summed E-state index contributed by atoms with van der Waals surface area (Å²) in [5, 5.41) is 4.54. The molecule has 1 atom stereocenters. The maximum atomic E-state index is 5.01. The summed E-state index contributed by atoms with van der Waals surface area (Å²) < 4.78 is 5.01. The molecule has 0 radical (unpaired) electrons. The second-order valence-electron chi connectivity index (χ2n) is 4.82. The van der Waals surface area contributed by atoms with Crippen molar-refractivity contribution in [2.24, 2.45) is 0 Å². The molecule has 1 saturated heterocycles. The van der Waals surface area contributed by atoms with E-state index in [4.69, 9.17) is 4.74 Å². The first-order valence-electron chi connectivity index (χ1n) is 6.72. The summed E-state index contributed by atoms with van der Waals surface area (Å²) in [6.07, 6.45) is 5.95. The van der Waals surface area contributed by atoms with Gasteiger partial charge in [-0.1, -0.05) is 0 Å². The van der Waals surface area contributed by atoms with Crippen molar-refractivity contribution in [3.05, 3.63) is 11.1 Å². The highest BCUT2D eigenvalue weighted by Crippen LogP contribution is 2.28. The monoisotopic (exact) mass is 269 g/mol. The number of piperidine rings is 1. The van der Waals surface area contributed by atoms with Crippen LogP contribution in [0.1, 0.15) is 31.1 Å². The van der Waals surface area contributed by atoms with Crippen LogP contribution in [0.5, 0.6) is 0 Å². The average Bonchev–Trinajstić information content (AvgIpc) is 2.84. The van der Waals surface area contributed by atoms with E-state index in [1.54, 1.807) is 7.11 Å². The Labute approximate surface area is 113 Å². The van der Waals surface area contributed by atoms with Gasteiger partial charge in [0, 0.05) is 43.9 Å². The molecule has 5 heteroatoms. The number of nitrogens with zero attached hydrogens (tertiary/aromatic N) is 2. The van der Waals surface area contributed by atoms with Crippen LogP contribution in [0, 0.1) is 0 Å². The Kier molecular flexibility index (Phi) is 5.41. The molecule has 1 fully saturated rings. The Morgan fingerprint density at radius 3 is 3.22 bits per heavy atom. The molecule has 0 aliphatic carbocycles. The normalized spacial score (nSPS) is 20.3. The molecule has 1 aromatic rings. The number of thiazole rings is 1. The highest BCUT2D eigenvalue weighted by Gasteiger charge is 2.20. The number of ether oxygens (including phenoxy) is 1. The van der Waals surface area contributed by atoms with Gasteiger partial charge in [-0.05, 0) is 26.2 Å². The molecule has 2 heterocycles. The Hall–Kier alpha value is -0.650. The van der Waals surface area contributed by atoms with Crippen LogP contribution in [0.4, 0.5) is 5.13 Å². The van der Waals surface area contributed by atoms with Gasteiger partial charge in [-0.2, -0.15) is 0 Å². The fourth-order valence-corrected chi connectivity index (χ4v) is 3.29. The Balaban J connectivity index is 1.85. The number of hydrogen-bond acceptors (Lipinski definition) is 5. The zero-order chi connectivity index (χ0) is 12.8. The number of rotatable bonds is 6. The molecule has 0 spiro atoms. The van der Waals surface area contributed by atoms with E-state index >= 15 is 0 Å². The van der Waals surface area contributed by atoms with Crippen molar-refractivity contribution in [3.8, 4) is 0 Å². The lowest BCUT2D eigenvalue weighted by molar-refractivity contribution is 0.199. The lowest BCUT2D eigenvalue weighted by Gasteiger charge is -2.33. The minimum Gasteiger partial charge on any atom is -0.383 e. The molecule has 18 heavy (non-hydrogen) atoms. The smallest absolute Gasteiger partial charge is 0.185 e. The molecule has 1 aliphatic rings. The summed E-state index contributed by atoms with van der Waals surface area (Å²) >= 11 is 1.81. The molecular weight excluding hydrogens is 246 g/mol. The number of hydrogen-bond donors (Lipinski definition) is 1.